The van der Waals surface area contributed by atoms with Crippen LogP contribution in [0.3, 0.4) is 0 Å². The predicted octanol–water partition coefficient (Wildman–Crippen LogP) is 3.38. The largest absolute Gasteiger partial charge is 0.490 e. The zero-order valence-corrected chi connectivity index (χ0v) is 22.5. The number of carbonyl (C=O) groups excluding carboxylic acids is 3. The van der Waals surface area contributed by atoms with E-state index >= 15 is 0 Å². The maximum atomic E-state index is 12.6. The van der Waals surface area contributed by atoms with Crippen LogP contribution in [-0.2, 0) is 19.1 Å². The predicted molar refractivity (Wildman–Crippen MR) is 151 cm³/mol. The fraction of sp³-hybridized carbons (Fsp3) is 0.321. The van der Waals surface area contributed by atoms with Gasteiger partial charge in [-0.3, -0.25) is 19.3 Å². The molecule has 0 saturated carbocycles. The number of rotatable bonds is 9. The van der Waals surface area contributed by atoms with E-state index in [-0.39, 0.29) is 17.8 Å². The van der Waals surface area contributed by atoms with Gasteiger partial charge in [0, 0.05) is 57.0 Å². The fourth-order valence-corrected chi connectivity index (χ4v) is 4.84. The van der Waals surface area contributed by atoms with E-state index < -0.39 is 6.10 Å². The fourth-order valence-electron chi connectivity index (χ4n) is 4.65. The van der Waals surface area contributed by atoms with Gasteiger partial charge in [0.15, 0.2) is 6.10 Å². The molecule has 1 atom stereocenters. The Morgan fingerprint density at radius 2 is 1.95 bits per heavy atom. The summed E-state index contributed by atoms with van der Waals surface area (Å²) in [4.78, 5) is 48.8. The third-order valence-corrected chi connectivity index (χ3v) is 7.15. The van der Waals surface area contributed by atoms with Gasteiger partial charge in [-0.05, 0) is 24.3 Å². The van der Waals surface area contributed by atoms with Crippen LogP contribution in [-0.4, -0.2) is 83.0 Å². The van der Waals surface area contributed by atoms with Gasteiger partial charge in [-0.25, -0.2) is 9.97 Å². The highest BCUT2D eigenvalue weighted by Gasteiger charge is 2.34. The second-order valence-electron chi connectivity index (χ2n) is 9.42. The molecule has 208 valence electrons. The Kier molecular flexibility index (Phi) is 8.42. The van der Waals surface area contributed by atoms with Crippen LogP contribution >= 0.6 is 11.6 Å². The molecule has 0 aliphatic carbocycles. The summed E-state index contributed by atoms with van der Waals surface area (Å²) < 4.78 is 11.2. The second-order valence-corrected chi connectivity index (χ2v) is 9.83. The summed E-state index contributed by atoms with van der Waals surface area (Å²) in [5.74, 6) is 0.174. The molecule has 3 aromatic rings. The molecule has 0 radical (unpaired) electrons. The molecule has 2 saturated heterocycles. The lowest BCUT2D eigenvalue weighted by molar-refractivity contribution is -0.153. The first-order chi connectivity index (χ1) is 19.4. The Hall–Kier alpha value is -4.22. The van der Waals surface area contributed by atoms with Crippen LogP contribution in [0.15, 0.2) is 55.4 Å². The number of anilines is 3. The van der Waals surface area contributed by atoms with Gasteiger partial charge in [-0.2, -0.15) is 0 Å². The average Bonchev–Trinajstić information content (AvgIpc) is 3.40. The molecule has 5 rings (SSSR count). The number of carbonyl (C=O) groups is 3. The van der Waals surface area contributed by atoms with Crippen LogP contribution in [0.5, 0.6) is 5.75 Å². The molecule has 0 spiro atoms. The number of hydrogen-bond donors (Lipinski definition) is 2. The van der Waals surface area contributed by atoms with Crippen LogP contribution < -0.4 is 15.4 Å². The Morgan fingerprint density at radius 1 is 1.15 bits per heavy atom. The molecule has 2 aliphatic rings. The van der Waals surface area contributed by atoms with Crippen LogP contribution in [0.25, 0.3) is 10.9 Å². The molecule has 40 heavy (non-hydrogen) atoms. The van der Waals surface area contributed by atoms with E-state index in [2.05, 4.69) is 32.1 Å². The molecule has 2 N–H and O–H groups in total. The summed E-state index contributed by atoms with van der Waals surface area (Å²) in [5, 5.41) is 7.25. The molecular weight excluding hydrogens is 536 g/mol. The molecule has 0 bridgehead atoms. The number of amides is 2. The first-order valence-corrected chi connectivity index (χ1v) is 13.4. The first-order valence-electron chi connectivity index (χ1n) is 13.0. The molecule has 3 heterocycles. The minimum atomic E-state index is -0.649. The quantitative estimate of drug-likeness (QED) is 0.297. The number of ether oxygens (including phenoxy) is 2. The van der Waals surface area contributed by atoms with Crippen molar-refractivity contribution in [3.8, 4) is 5.75 Å². The Labute approximate surface area is 236 Å². The summed E-state index contributed by atoms with van der Waals surface area (Å²) >= 11 is 6.31. The van der Waals surface area contributed by atoms with Crippen molar-refractivity contribution >= 4 is 57.5 Å². The zero-order valence-electron chi connectivity index (χ0n) is 21.8. The molecule has 11 nitrogen and oxygen atoms in total. The number of para-hydroxylation sites is 1. The summed E-state index contributed by atoms with van der Waals surface area (Å²) in [5.41, 5.74) is 1.76. The SMILES string of the molecule is C=CC(=O)Nc1cc2c(Nc3ccccc3Cl)ncnc2cc1OCCN1CCN(C(=O)[C@@H]2CCC(=O)O2)CC1. The number of halogens is 1. The minimum absolute atomic E-state index is 0.120. The highest BCUT2D eigenvalue weighted by Crippen LogP contribution is 2.34. The van der Waals surface area contributed by atoms with E-state index in [1.54, 1.807) is 23.1 Å². The van der Waals surface area contributed by atoms with Crippen molar-refractivity contribution in [1.82, 2.24) is 19.8 Å². The van der Waals surface area contributed by atoms with Crippen molar-refractivity contribution in [3.63, 3.8) is 0 Å². The molecule has 2 amide bonds. The highest BCUT2D eigenvalue weighted by molar-refractivity contribution is 6.33. The summed E-state index contributed by atoms with van der Waals surface area (Å²) in [6, 6.07) is 10.8. The van der Waals surface area contributed by atoms with Gasteiger partial charge in [-0.1, -0.05) is 30.3 Å². The number of cyclic esters (lactones) is 1. The van der Waals surface area contributed by atoms with E-state index in [1.165, 1.54) is 12.4 Å². The van der Waals surface area contributed by atoms with Crippen molar-refractivity contribution < 1.29 is 23.9 Å². The van der Waals surface area contributed by atoms with Crippen molar-refractivity contribution in [1.29, 1.82) is 0 Å². The summed E-state index contributed by atoms with van der Waals surface area (Å²) in [6.07, 6.45) is 2.73. The first kappa shape index (κ1) is 27.4. The number of aromatic nitrogens is 2. The summed E-state index contributed by atoms with van der Waals surface area (Å²) in [7, 11) is 0. The Balaban J connectivity index is 1.25. The van der Waals surface area contributed by atoms with Crippen LogP contribution in [0.4, 0.5) is 17.2 Å². The molecule has 2 aliphatic heterocycles. The maximum Gasteiger partial charge on any atom is 0.306 e. The molecule has 0 unspecified atom stereocenters. The zero-order chi connectivity index (χ0) is 28.1. The molecule has 12 heteroatoms. The Morgan fingerprint density at radius 3 is 2.67 bits per heavy atom. The number of esters is 1. The normalized spacial score (nSPS) is 17.4. The topological polar surface area (TPSA) is 126 Å². The number of nitrogens with zero attached hydrogens (tertiary/aromatic N) is 4. The van der Waals surface area contributed by atoms with Gasteiger partial charge in [0.2, 0.25) is 5.91 Å². The van der Waals surface area contributed by atoms with Crippen molar-refractivity contribution in [2.24, 2.45) is 0 Å². The number of fused-ring (bicyclic) bond motifs is 1. The smallest absolute Gasteiger partial charge is 0.306 e. The third-order valence-electron chi connectivity index (χ3n) is 6.82. The average molecular weight is 565 g/mol. The van der Waals surface area contributed by atoms with E-state index in [4.69, 9.17) is 21.1 Å². The second kappa shape index (κ2) is 12.3. The number of piperazine rings is 1. The summed E-state index contributed by atoms with van der Waals surface area (Å²) in [6.45, 7) is 6.99. The standard InChI is InChI=1S/C28H29ClN6O5/c1-2-25(36)32-22-15-18-21(30-17-31-27(18)33-20-6-4-3-5-19(20)29)16-24(22)39-14-13-34-9-11-35(12-10-34)28(38)23-7-8-26(37)40-23/h2-6,15-17,23H,1,7-14H2,(H,32,36)(H,30,31,33)/t23-/m0/s1. The number of benzene rings is 2. The molecule has 1 aromatic heterocycles. The van der Waals surface area contributed by atoms with E-state index in [0.717, 1.165) is 0 Å². The lowest BCUT2D eigenvalue weighted by Gasteiger charge is -2.35. The van der Waals surface area contributed by atoms with E-state index in [9.17, 15) is 14.4 Å². The van der Waals surface area contributed by atoms with Crippen LogP contribution in [0.1, 0.15) is 12.8 Å². The van der Waals surface area contributed by atoms with Gasteiger partial charge in [0.25, 0.3) is 5.91 Å². The van der Waals surface area contributed by atoms with Gasteiger partial charge in [0.05, 0.1) is 21.9 Å². The number of hydrogen-bond acceptors (Lipinski definition) is 9. The van der Waals surface area contributed by atoms with Gasteiger partial charge in [0.1, 0.15) is 24.5 Å². The molecular formula is C28H29ClN6O5. The van der Waals surface area contributed by atoms with Crippen LogP contribution in [0, 0.1) is 0 Å². The Bertz CT molecular complexity index is 1440. The van der Waals surface area contributed by atoms with Gasteiger partial charge >= 0.3 is 5.97 Å². The van der Waals surface area contributed by atoms with Crippen molar-refractivity contribution in [2.75, 3.05) is 50.0 Å². The lowest BCUT2D eigenvalue weighted by Crippen LogP contribution is -2.52. The highest BCUT2D eigenvalue weighted by atomic mass is 35.5. The van der Waals surface area contributed by atoms with Crippen LogP contribution in [0.2, 0.25) is 5.02 Å². The number of nitrogens with one attached hydrogen (secondary N) is 2. The molecule has 2 aromatic carbocycles. The third kappa shape index (κ3) is 6.32. The minimum Gasteiger partial charge on any atom is -0.490 e. The maximum absolute atomic E-state index is 12.6. The lowest BCUT2D eigenvalue weighted by atomic mass is 10.1. The molecule has 2 fully saturated rings. The monoisotopic (exact) mass is 564 g/mol. The van der Waals surface area contributed by atoms with Crippen molar-refractivity contribution in [2.45, 2.75) is 18.9 Å². The van der Waals surface area contributed by atoms with Crippen molar-refractivity contribution in [3.05, 3.63) is 60.4 Å². The van der Waals surface area contributed by atoms with Gasteiger partial charge in [-0.15, -0.1) is 0 Å². The van der Waals surface area contributed by atoms with E-state index in [1.807, 2.05) is 18.2 Å². The van der Waals surface area contributed by atoms with Gasteiger partial charge < -0.3 is 25.0 Å². The van der Waals surface area contributed by atoms with E-state index in [0.29, 0.717) is 91.0 Å².